The van der Waals surface area contributed by atoms with Gasteiger partial charge in [0.15, 0.2) is 0 Å². The standard InChI is InChI=1S/C23H20FNO2S/c1-27-19-11-9-17(10-12-19)22-14-23(26)25(15-16-5-4-6-18(24)13-16)20-7-2-3-8-21(20)28-22/h2-13,22H,14-15H2,1H3. The number of methoxy groups -OCH3 is 1. The van der Waals surface area contributed by atoms with Crippen LogP contribution in [0.25, 0.3) is 0 Å². The number of fused-ring (bicyclic) bond motifs is 1. The van der Waals surface area contributed by atoms with Crippen LogP contribution in [-0.2, 0) is 11.3 Å². The number of rotatable bonds is 4. The minimum Gasteiger partial charge on any atom is -0.497 e. The lowest BCUT2D eigenvalue weighted by Crippen LogP contribution is -2.30. The number of hydrogen-bond donors (Lipinski definition) is 0. The molecule has 1 atom stereocenters. The van der Waals surface area contributed by atoms with Crippen LogP contribution in [-0.4, -0.2) is 13.0 Å². The summed E-state index contributed by atoms with van der Waals surface area (Å²) >= 11 is 1.69. The Morgan fingerprint density at radius 2 is 1.86 bits per heavy atom. The van der Waals surface area contributed by atoms with E-state index in [2.05, 4.69) is 0 Å². The van der Waals surface area contributed by atoms with Gasteiger partial charge in [0, 0.05) is 16.6 Å². The molecule has 0 fully saturated rings. The number of carbonyl (C=O) groups is 1. The number of nitrogens with zero attached hydrogens (tertiary/aromatic N) is 1. The van der Waals surface area contributed by atoms with Gasteiger partial charge >= 0.3 is 0 Å². The molecular weight excluding hydrogens is 373 g/mol. The van der Waals surface area contributed by atoms with Crippen LogP contribution in [0.2, 0.25) is 0 Å². The number of hydrogen-bond acceptors (Lipinski definition) is 3. The molecule has 3 nitrogen and oxygen atoms in total. The fraction of sp³-hybridized carbons (Fsp3) is 0.174. The van der Waals surface area contributed by atoms with Crippen LogP contribution < -0.4 is 9.64 Å². The zero-order chi connectivity index (χ0) is 19.5. The fourth-order valence-electron chi connectivity index (χ4n) is 3.37. The zero-order valence-corrected chi connectivity index (χ0v) is 16.3. The van der Waals surface area contributed by atoms with E-state index in [1.807, 2.05) is 54.6 Å². The van der Waals surface area contributed by atoms with E-state index in [1.165, 1.54) is 12.1 Å². The van der Waals surface area contributed by atoms with Crippen LogP contribution in [0.15, 0.2) is 77.7 Å². The highest BCUT2D eigenvalue weighted by Gasteiger charge is 2.29. The number of para-hydroxylation sites is 1. The lowest BCUT2D eigenvalue weighted by molar-refractivity contribution is -0.118. The van der Waals surface area contributed by atoms with Gasteiger partial charge < -0.3 is 9.64 Å². The zero-order valence-electron chi connectivity index (χ0n) is 15.5. The molecule has 28 heavy (non-hydrogen) atoms. The second-order valence-electron chi connectivity index (χ2n) is 6.66. The average molecular weight is 393 g/mol. The molecular formula is C23H20FNO2S. The molecule has 0 saturated heterocycles. The molecule has 0 aliphatic carbocycles. The smallest absolute Gasteiger partial charge is 0.228 e. The van der Waals surface area contributed by atoms with Gasteiger partial charge in [-0.15, -0.1) is 11.8 Å². The molecule has 0 bridgehead atoms. The molecule has 142 valence electrons. The first kappa shape index (κ1) is 18.6. The Balaban J connectivity index is 1.67. The minimum absolute atomic E-state index is 0.0112. The number of anilines is 1. The van der Waals surface area contributed by atoms with E-state index in [0.29, 0.717) is 13.0 Å². The van der Waals surface area contributed by atoms with Gasteiger partial charge in [-0.2, -0.15) is 0 Å². The van der Waals surface area contributed by atoms with Crippen molar-refractivity contribution in [3.8, 4) is 5.75 Å². The molecule has 3 aromatic rings. The normalized spacial score (nSPS) is 16.4. The molecule has 4 rings (SSSR count). The van der Waals surface area contributed by atoms with Crippen molar-refractivity contribution in [2.45, 2.75) is 23.1 Å². The van der Waals surface area contributed by atoms with E-state index in [9.17, 15) is 9.18 Å². The first-order valence-corrected chi connectivity index (χ1v) is 9.96. The van der Waals surface area contributed by atoms with Crippen LogP contribution in [0.3, 0.4) is 0 Å². The highest BCUT2D eigenvalue weighted by molar-refractivity contribution is 7.99. The second-order valence-corrected chi connectivity index (χ2v) is 7.91. The Bertz CT molecular complexity index is 990. The summed E-state index contributed by atoms with van der Waals surface area (Å²) in [6.07, 6.45) is 0.376. The van der Waals surface area contributed by atoms with Crippen molar-refractivity contribution >= 4 is 23.4 Å². The van der Waals surface area contributed by atoms with Gasteiger partial charge in [-0.25, -0.2) is 4.39 Å². The van der Waals surface area contributed by atoms with E-state index in [4.69, 9.17) is 4.74 Å². The third-order valence-corrected chi connectivity index (χ3v) is 6.13. The Hall–Kier alpha value is -2.79. The molecule has 1 aliphatic heterocycles. The maximum atomic E-state index is 13.6. The number of ether oxygens (including phenoxy) is 1. The molecule has 0 N–H and O–H groups in total. The molecule has 1 heterocycles. The van der Waals surface area contributed by atoms with Crippen LogP contribution >= 0.6 is 11.8 Å². The van der Waals surface area contributed by atoms with Crippen molar-refractivity contribution in [1.82, 2.24) is 0 Å². The Kier molecular flexibility index (Phi) is 5.35. The maximum absolute atomic E-state index is 13.6. The van der Waals surface area contributed by atoms with Crippen molar-refractivity contribution in [3.05, 3.63) is 89.7 Å². The van der Waals surface area contributed by atoms with E-state index in [0.717, 1.165) is 27.5 Å². The number of thioether (sulfide) groups is 1. The summed E-state index contributed by atoms with van der Waals surface area (Å²) in [6, 6.07) is 22.2. The van der Waals surface area contributed by atoms with E-state index in [-0.39, 0.29) is 17.0 Å². The summed E-state index contributed by atoms with van der Waals surface area (Å²) in [6.45, 7) is 0.351. The predicted octanol–water partition coefficient (Wildman–Crippen LogP) is 5.60. The van der Waals surface area contributed by atoms with Crippen molar-refractivity contribution in [3.63, 3.8) is 0 Å². The number of benzene rings is 3. The lowest BCUT2D eigenvalue weighted by atomic mass is 10.1. The lowest BCUT2D eigenvalue weighted by Gasteiger charge is -2.23. The van der Waals surface area contributed by atoms with Gasteiger partial charge in [0.05, 0.1) is 19.3 Å². The summed E-state index contributed by atoms with van der Waals surface area (Å²) in [4.78, 5) is 16.0. The van der Waals surface area contributed by atoms with Crippen molar-refractivity contribution in [1.29, 1.82) is 0 Å². The van der Waals surface area contributed by atoms with Gasteiger partial charge in [0.25, 0.3) is 0 Å². The monoisotopic (exact) mass is 393 g/mol. The Labute approximate surface area is 168 Å². The van der Waals surface area contributed by atoms with E-state index >= 15 is 0 Å². The Morgan fingerprint density at radius 3 is 2.61 bits per heavy atom. The molecule has 1 unspecified atom stereocenters. The van der Waals surface area contributed by atoms with Crippen molar-refractivity contribution < 1.29 is 13.9 Å². The highest BCUT2D eigenvalue weighted by Crippen LogP contribution is 2.46. The third kappa shape index (κ3) is 3.90. The molecule has 0 spiro atoms. The molecule has 0 aromatic heterocycles. The summed E-state index contributed by atoms with van der Waals surface area (Å²) in [5, 5.41) is 0.0112. The maximum Gasteiger partial charge on any atom is 0.228 e. The van der Waals surface area contributed by atoms with Crippen LogP contribution in [0.4, 0.5) is 10.1 Å². The SMILES string of the molecule is COc1ccc(C2CC(=O)N(Cc3cccc(F)c3)c3ccccc3S2)cc1. The summed E-state index contributed by atoms with van der Waals surface area (Å²) in [5.41, 5.74) is 2.73. The van der Waals surface area contributed by atoms with Gasteiger partial charge in [-0.3, -0.25) is 4.79 Å². The van der Waals surface area contributed by atoms with Crippen LogP contribution in [0, 0.1) is 5.82 Å². The molecule has 1 amide bonds. The first-order chi connectivity index (χ1) is 13.6. The van der Waals surface area contributed by atoms with Gasteiger partial charge in [0.1, 0.15) is 11.6 Å². The minimum atomic E-state index is -0.293. The number of amides is 1. The number of halogens is 1. The molecule has 1 aliphatic rings. The van der Waals surface area contributed by atoms with Gasteiger partial charge in [-0.1, -0.05) is 36.4 Å². The van der Waals surface area contributed by atoms with Crippen LogP contribution in [0.1, 0.15) is 22.8 Å². The average Bonchev–Trinajstić information content (AvgIpc) is 2.85. The Morgan fingerprint density at radius 1 is 1.07 bits per heavy atom. The van der Waals surface area contributed by atoms with E-state index < -0.39 is 0 Å². The molecule has 3 aromatic carbocycles. The summed E-state index contributed by atoms with van der Waals surface area (Å²) < 4.78 is 18.9. The topological polar surface area (TPSA) is 29.5 Å². The largest absolute Gasteiger partial charge is 0.497 e. The highest BCUT2D eigenvalue weighted by atomic mass is 32.2. The van der Waals surface area contributed by atoms with Crippen LogP contribution in [0.5, 0.6) is 5.75 Å². The fourth-order valence-corrected chi connectivity index (χ4v) is 4.66. The second kappa shape index (κ2) is 8.07. The molecule has 5 heteroatoms. The van der Waals surface area contributed by atoms with E-state index in [1.54, 1.807) is 29.8 Å². The van der Waals surface area contributed by atoms with Crippen molar-refractivity contribution in [2.24, 2.45) is 0 Å². The third-order valence-electron chi connectivity index (χ3n) is 4.80. The molecule has 0 radical (unpaired) electrons. The quantitative estimate of drug-likeness (QED) is 0.577. The predicted molar refractivity (Wildman–Crippen MR) is 110 cm³/mol. The number of carbonyl (C=O) groups excluding carboxylic acids is 1. The summed E-state index contributed by atoms with van der Waals surface area (Å²) in [7, 11) is 1.64. The summed E-state index contributed by atoms with van der Waals surface area (Å²) in [5.74, 6) is 0.530. The van der Waals surface area contributed by atoms with Gasteiger partial charge in [0.2, 0.25) is 5.91 Å². The first-order valence-electron chi connectivity index (χ1n) is 9.08. The molecule has 0 saturated carbocycles. The van der Waals surface area contributed by atoms with Crippen molar-refractivity contribution in [2.75, 3.05) is 12.0 Å². The van der Waals surface area contributed by atoms with Gasteiger partial charge in [-0.05, 0) is 47.5 Å².